The first-order chi connectivity index (χ1) is 15.6. The van der Waals surface area contributed by atoms with E-state index in [1.807, 2.05) is 36.4 Å². The van der Waals surface area contributed by atoms with Gasteiger partial charge < -0.3 is 15.5 Å². The number of amides is 1. The van der Waals surface area contributed by atoms with E-state index in [0.717, 1.165) is 33.9 Å². The summed E-state index contributed by atoms with van der Waals surface area (Å²) in [7, 11) is 0. The van der Waals surface area contributed by atoms with Crippen molar-refractivity contribution in [2.75, 3.05) is 6.54 Å². The fourth-order valence-corrected chi connectivity index (χ4v) is 4.24. The standard InChI is InChI=1S/C26H23N3O3/c30-20-11-9-18(10-12-20)14-23-26(32)29-16-24(19-7-4-8-21(31)15-19)27-22(25(29)28-23)13-17-5-2-1-3-6-17/h1-12,15,23,28,30-31H,13-14,16H2/p+1. The van der Waals surface area contributed by atoms with Crippen LogP contribution in [0.2, 0.25) is 0 Å². The molecule has 0 aromatic heterocycles. The Labute approximate surface area is 186 Å². The van der Waals surface area contributed by atoms with E-state index in [1.165, 1.54) is 0 Å². The second-order valence-electron chi connectivity index (χ2n) is 8.14. The van der Waals surface area contributed by atoms with E-state index in [4.69, 9.17) is 0 Å². The zero-order chi connectivity index (χ0) is 22.1. The molecule has 0 saturated carbocycles. The number of hydrogen-bond donors (Lipinski definition) is 4. The lowest BCUT2D eigenvalue weighted by Gasteiger charge is -2.20. The number of carbonyl (C=O) groups is 1. The summed E-state index contributed by atoms with van der Waals surface area (Å²) in [5, 5.41) is 22.9. The normalized spacial score (nSPS) is 17.8. The minimum Gasteiger partial charge on any atom is -0.508 e. The van der Waals surface area contributed by atoms with Crippen molar-refractivity contribution in [1.29, 1.82) is 0 Å². The SMILES string of the molecule is O=C1C(Cc2ccc(O)cc2)NC2=C(Cc3ccccc3)[NH+]=C(c3cccc(O)c3)CN12. The van der Waals surface area contributed by atoms with Crippen LogP contribution in [0.25, 0.3) is 0 Å². The molecule has 1 unspecified atom stereocenters. The molecule has 6 heteroatoms. The van der Waals surface area contributed by atoms with Crippen LogP contribution in [0.3, 0.4) is 0 Å². The third-order valence-corrected chi connectivity index (χ3v) is 5.84. The molecule has 0 spiro atoms. The smallest absolute Gasteiger partial charge is 0.251 e. The van der Waals surface area contributed by atoms with Gasteiger partial charge in [-0.15, -0.1) is 0 Å². The summed E-state index contributed by atoms with van der Waals surface area (Å²) in [6.07, 6.45) is 1.17. The van der Waals surface area contributed by atoms with Gasteiger partial charge in [-0.1, -0.05) is 48.5 Å². The number of carbonyl (C=O) groups excluding carboxylic acids is 1. The fourth-order valence-electron chi connectivity index (χ4n) is 4.24. The van der Waals surface area contributed by atoms with E-state index in [0.29, 0.717) is 19.4 Å². The van der Waals surface area contributed by atoms with Crippen LogP contribution in [0.15, 0.2) is 90.4 Å². The third kappa shape index (κ3) is 3.95. The highest BCUT2D eigenvalue weighted by Gasteiger charge is 2.42. The zero-order valence-corrected chi connectivity index (χ0v) is 17.5. The maximum atomic E-state index is 13.3. The summed E-state index contributed by atoms with van der Waals surface area (Å²) in [5.41, 5.74) is 4.75. The van der Waals surface area contributed by atoms with Crippen LogP contribution < -0.4 is 10.3 Å². The van der Waals surface area contributed by atoms with E-state index in [9.17, 15) is 15.0 Å². The fraction of sp³-hybridized carbons (Fsp3) is 0.154. The number of phenolic OH excluding ortho intramolecular Hbond substituents is 2. The van der Waals surface area contributed by atoms with Gasteiger partial charge in [-0.3, -0.25) is 9.69 Å². The first-order valence-electron chi connectivity index (χ1n) is 10.6. The molecule has 1 atom stereocenters. The van der Waals surface area contributed by atoms with Gasteiger partial charge in [0.1, 0.15) is 24.1 Å². The summed E-state index contributed by atoms with van der Waals surface area (Å²) < 4.78 is 0. The molecule has 1 fully saturated rings. The van der Waals surface area contributed by atoms with Crippen LogP contribution >= 0.6 is 0 Å². The van der Waals surface area contributed by atoms with Gasteiger partial charge in [-0.05, 0) is 41.5 Å². The molecular formula is C26H24N3O3+. The first kappa shape index (κ1) is 19.9. The van der Waals surface area contributed by atoms with E-state index in [2.05, 4.69) is 22.4 Å². The molecular weight excluding hydrogens is 402 g/mol. The molecule has 2 aliphatic heterocycles. The Kier molecular flexibility index (Phi) is 5.11. The Morgan fingerprint density at radius 2 is 1.69 bits per heavy atom. The molecule has 4 N–H and O–H groups in total. The molecule has 160 valence electrons. The highest BCUT2D eigenvalue weighted by molar-refractivity contribution is 6.02. The van der Waals surface area contributed by atoms with Crippen LogP contribution in [-0.4, -0.2) is 39.3 Å². The van der Waals surface area contributed by atoms with Crippen molar-refractivity contribution in [3.8, 4) is 11.5 Å². The number of benzene rings is 3. The molecule has 6 nitrogen and oxygen atoms in total. The number of hydrogen-bond acceptors (Lipinski definition) is 4. The molecule has 0 aliphatic carbocycles. The number of allylic oxidation sites excluding steroid dienone is 1. The van der Waals surface area contributed by atoms with Gasteiger partial charge in [-0.25, -0.2) is 4.99 Å². The lowest BCUT2D eigenvalue weighted by molar-refractivity contribution is -0.406. The maximum Gasteiger partial charge on any atom is 0.251 e. The molecule has 0 radical (unpaired) electrons. The third-order valence-electron chi connectivity index (χ3n) is 5.84. The molecule has 5 rings (SSSR count). The summed E-state index contributed by atoms with van der Waals surface area (Å²) >= 11 is 0. The summed E-state index contributed by atoms with van der Waals surface area (Å²) in [4.78, 5) is 18.7. The van der Waals surface area contributed by atoms with E-state index in [1.54, 1.807) is 35.2 Å². The summed E-state index contributed by atoms with van der Waals surface area (Å²) in [6.45, 7) is 0.398. The van der Waals surface area contributed by atoms with Crippen molar-refractivity contribution in [1.82, 2.24) is 10.2 Å². The Bertz CT molecular complexity index is 1220. The van der Waals surface area contributed by atoms with Gasteiger partial charge in [-0.2, -0.15) is 0 Å². The Balaban J connectivity index is 1.49. The quantitative estimate of drug-likeness (QED) is 0.497. The summed E-state index contributed by atoms with van der Waals surface area (Å²) in [5.74, 6) is 1.20. The van der Waals surface area contributed by atoms with Crippen molar-refractivity contribution >= 4 is 11.6 Å². The predicted molar refractivity (Wildman–Crippen MR) is 121 cm³/mol. The Morgan fingerprint density at radius 1 is 0.906 bits per heavy atom. The highest BCUT2D eigenvalue weighted by atomic mass is 16.3. The zero-order valence-electron chi connectivity index (χ0n) is 17.5. The lowest BCUT2D eigenvalue weighted by atomic mass is 10.0. The molecule has 1 saturated heterocycles. The van der Waals surface area contributed by atoms with Crippen LogP contribution in [0.5, 0.6) is 11.5 Å². The number of fused-ring (bicyclic) bond motifs is 1. The average molecular weight is 426 g/mol. The Morgan fingerprint density at radius 3 is 2.44 bits per heavy atom. The largest absolute Gasteiger partial charge is 0.508 e. The highest BCUT2D eigenvalue weighted by Crippen LogP contribution is 2.23. The maximum absolute atomic E-state index is 13.3. The average Bonchev–Trinajstić information content (AvgIpc) is 3.12. The van der Waals surface area contributed by atoms with Crippen molar-refractivity contribution in [2.45, 2.75) is 18.9 Å². The number of nitrogens with one attached hydrogen (secondary N) is 2. The molecule has 3 aromatic carbocycles. The van der Waals surface area contributed by atoms with Gasteiger partial charge in [0.2, 0.25) is 11.4 Å². The second kappa shape index (κ2) is 8.23. The van der Waals surface area contributed by atoms with Crippen LogP contribution in [0.1, 0.15) is 16.7 Å². The van der Waals surface area contributed by atoms with E-state index in [-0.39, 0.29) is 23.4 Å². The van der Waals surface area contributed by atoms with E-state index < -0.39 is 0 Å². The van der Waals surface area contributed by atoms with Gasteiger partial charge in [0.25, 0.3) is 5.91 Å². The van der Waals surface area contributed by atoms with Gasteiger partial charge in [0.15, 0.2) is 5.82 Å². The first-order valence-corrected chi connectivity index (χ1v) is 10.6. The van der Waals surface area contributed by atoms with E-state index >= 15 is 0 Å². The molecule has 2 heterocycles. The molecule has 1 amide bonds. The summed E-state index contributed by atoms with van der Waals surface area (Å²) in [6, 6.07) is 23.7. The Hall–Kier alpha value is -4.06. The number of phenols is 2. The minimum atomic E-state index is -0.384. The van der Waals surface area contributed by atoms with Crippen molar-refractivity contribution in [3.05, 3.63) is 107 Å². The number of aromatic hydroxyl groups is 2. The number of rotatable bonds is 5. The minimum absolute atomic E-state index is 0.0118. The van der Waals surface area contributed by atoms with Crippen molar-refractivity contribution in [3.63, 3.8) is 0 Å². The number of nitrogens with zero attached hydrogens (tertiary/aromatic N) is 1. The molecule has 32 heavy (non-hydrogen) atoms. The second-order valence-corrected chi connectivity index (χ2v) is 8.14. The lowest BCUT2D eigenvalue weighted by Crippen LogP contribution is -2.76. The van der Waals surface area contributed by atoms with Gasteiger partial charge in [0.05, 0.1) is 6.42 Å². The van der Waals surface area contributed by atoms with Crippen LogP contribution in [-0.2, 0) is 17.6 Å². The predicted octanol–water partition coefficient (Wildman–Crippen LogP) is 1.44. The molecule has 2 aliphatic rings. The van der Waals surface area contributed by atoms with Gasteiger partial charge in [0, 0.05) is 12.0 Å². The van der Waals surface area contributed by atoms with Gasteiger partial charge >= 0.3 is 0 Å². The molecule has 3 aromatic rings. The molecule has 0 bridgehead atoms. The topological polar surface area (TPSA) is 86.8 Å². The van der Waals surface area contributed by atoms with Crippen molar-refractivity contribution in [2.24, 2.45) is 0 Å². The van der Waals surface area contributed by atoms with Crippen LogP contribution in [0, 0.1) is 0 Å². The van der Waals surface area contributed by atoms with Crippen LogP contribution in [0.4, 0.5) is 0 Å². The van der Waals surface area contributed by atoms with Crippen molar-refractivity contribution < 1.29 is 20.0 Å². The monoisotopic (exact) mass is 426 g/mol.